The van der Waals surface area contributed by atoms with Crippen LogP contribution in [-0.2, 0) is 9.59 Å². The number of imide groups is 1. The molecule has 0 saturated carbocycles. The van der Waals surface area contributed by atoms with E-state index >= 15 is 0 Å². The van der Waals surface area contributed by atoms with Crippen LogP contribution < -0.4 is 5.73 Å². The van der Waals surface area contributed by atoms with Gasteiger partial charge in [0.2, 0.25) is 11.8 Å². The molecule has 0 spiro atoms. The number of carbonyl (C=O) groups is 2. The number of amides is 2. The summed E-state index contributed by atoms with van der Waals surface area (Å²) in [6.45, 7) is 4.89. The van der Waals surface area contributed by atoms with Crippen LogP contribution in [0, 0.1) is 16.7 Å². The second kappa shape index (κ2) is 3.31. The minimum atomic E-state index is -1.17. The largest absolute Gasteiger partial charge is 0.312 e. The number of hydrogen-bond donors (Lipinski definition) is 1. The van der Waals surface area contributed by atoms with Gasteiger partial charge in [-0.15, -0.1) is 0 Å². The van der Waals surface area contributed by atoms with Gasteiger partial charge in [-0.1, -0.05) is 13.8 Å². The van der Waals surface area contributed by atoms with E-state index in [-0.39, 0.29) is 24.8 Å². The first-order valence-electron chi connectivity index (χ1n) is 4.74. The van der Waals surface area contributed by atoms with Crippen molar-refractivity contribution >= 4 is 11.8 Å². The fraction of sp³-hybridized carbons (Fsp3) is 0.700. The number of nitriles is 1. The van der Waals surface area contributed by atoms with Crippen LogP contribution in [-0.4, -0.2) is 28.8 Å². The van der Waals surface area contributed by atoms with Gasteiger partial charge in [0.1, 0.15) is 5.54 Å². The summed E-state index contributed by atoms with van der Waals surface area (Å²) >= 11 is 0. The van der Waals surface area contributed by atoms with E-state index in [1.165, 1.54) is 6.92 Å². The number of rotatable bonds is 2. The minimum Gasteiger partial charge on any atom is -0.312 e. The summed E-state index contributed by atoms with van der Waals surface area (Å²) < 4.78 is 0. The molecule has 1 aliphatic heterocycles. The molecular weight excluding hydrogens is 194 g/mol. The van der Waals surface area contributed by atoms with Crippen LogP contribution in [0.5, 0.6) is 0 Å². The molecule has 15 heavy (non-hydrogen) atoms. The van der Waals surface area contributed by atoms with Crippen LogP contribution in [0.25, 0.3) is 0 Å². The number of nitrogens with two attached hydrogens (primary N) is 1. The normalized spacial score (nSPS) is 23.8. The van der Waals surface area contributed by atoms with E-state index in [9.17, 15) is 9.59 Å². The van der Waals surface area contributed by atoms with Gasteiger partial charge >= 0.3 is 0 Å². The van der Waals surface area contributed by atoms with Crippen molar-refractivity contribution in [1.82, 2.24) is 4.90 Å². The molecule has 1 heterocycles. The lowest BCUT2D eigenvalue weighted by Crippen LogP contribution is -2.49. The van der Waals surface area contributed by atoms with Gasteiger partial charge in [-0.2, -0.15) is 5.26 Å². The van der Waals surface area contributed by atoms with Gasteiger partial charge in [0.05, 0.1) is 18.0 Å². The highest BCUT2D eigenvalue weighted by Crippen LogP contribution is 2.32. The highest BCUT2D eigenvalue weighted by molar-refractivity contribution is 6.05. The number of carbonyl (C=O) groups excluding carboxylic acids is 2. The van der Waals surface area contributed by atoms with Crippen molar-refractivity contribution < 1.29 is 9.59 Å². The summed E-state index contributed by atoms with van der Waals surface area (Å²) in [6.07, 6.45) is 0.188. The molecule has 0 aromatic heterocycles. The van der Waals surface area contributed by atoms with Crippen LogP contribution >= 0.6 is 0 Å². The second-order valence-corrected chi connectivity index (χ2v) is 4.87. The molecule has 1 aliphatic rings. The SMILES string of the molecule is CC(N)(C#N)CN1C(=O)CC(C)(C)C1=O. The Hall–Kier alpha value is -1.41. The summed E-state index contributed by atoms with van der Waals surface area (Å²) in [7, 11) is 0. The van der Waals surface area contributed by atoms with E-state index in [2.05, 4.69) is 0 Å². The third-order valence-electron chi connectivity index (χ3n) is 2.46. The lowest BCUT2D eigenvalue weighted by atomic mass is 9.92. The molecule has 1 saturated heterocycles. The fourth-order valence-electron chi connectivity index (χ4n) is 1.55. The summed E-state index contributed by atoms with van der Waals surface area (Å²) in [5.41, 5.74) is 3.76. The summed E-state index contributed by atoms with van der Waals surface area (Å²) in [5.74, 6) is -0.503. The molecule has 0 aliphatic carbocycles. The Balaban J connectivity index is 2.87. The third kappa shape index (κ3) is 2.16. The molecule has 2 N–H and O–H groups in total. The van der Waals surface area contributed by atoms with Gasteiger partial charge in [0, 0.05) is 6.42 Å². The summed E-state index contributed by atoms with van der Waals surface area (Å²) in [4.78, 5) is 24.4. The van der Waals surface area contributed by atoms with Crippen molar-refractivity contribution in [3.63, 3.8) is 0 Å². The Morgan fingerprint density at radius 1 is 1.60 bits per heavy atom. The first kappa shape index (κ1) is 11.7. The third-order valence-corrected chi connectivity index (χ3v) is 2.46. The average Bonchev–Trinajstić information content (AvgIpc) is 2.28. The van der Waals surface area contributed by atoms with Gasteiger partial charge in [-0.05, 0) is 6.92 Å². The first-order chi connectivity index (χ1) is 6.69. The standard InChI is InChI=1S/C10H15N3O2/c1-9(2)4-7(14)13(8(9)15)6-10(3,12)5-11/h4,6,12H2,1-3H3. The maximum atomic E-state index is 11.8. The molecule has 1 atom stereocenters. The Labute approximate surface area is 88.8 Å². The van der Waals surface area contributed by atoms with Crippen molar-refractivity contribution in [1.29, 1.82) is 5.26 Å². The molecule has 1 fully saturated rings. The van der Waals surface area contributed by atoms with Gasteiger partial charge in [-0.25, -0.2) is 0 Å². The predicted molar refractivity (Wildman–Crippen MR) is 53.3 cm³/mol. The van der Waals surface area contributed by atoms with Crippen LogP contribution in [0.15, 0.2) is 0 Å². The number of hydrogen-bond acceptors (Lipinski definition) is 4. The zero-order chi connectivity index (χ0) is 11.9. The molecular formula is C10H15N3O2. The molecule has 1 unspecified atom stereocenters. The zero-order valence-electron chi connectivity index (χ0n) is 9.20. The van der Waals surface area contributed by atoms with Crippen molar-refractivity contribution in [2.75, 3.05) is 6.54 Å². The lowest BCUT2D eigenvalue weighted by Gasteiger charge is -2.23. The maximum absolute atomic E-state index is 11.8. The Morgan fingerprint density at radius 2 is 2.13 bits per heavy atom. The topological polar surface area (TPSA) is 87.2 Å². The van der Waals surface area contributed by atoms with Crippen molar-refractivity contribution in [3.8, 4) is 6.07 Å². The van der Waals surface area contributed by atoms with E-state index in [4.69, 9.17) is 11.0 Å². The maximum Gasteiger partial charge on any atom is 0.235 e. The second-order valence-electron chi connectivity index (χ2n) is 4.87. The molecule has 0 aromatic carbocycles. The molecule has 82 valence electrons. The van der Waals surface area contributed by atoms with Gasteiger partial charge in [-0.3, -0.25) is 14.5 Å². The zero-order valence-corrected chi connectivity index (χ0v) is 9.20. The van der Waals surface area contributed by atoms with Crippen LogP contribution in [0.1, 0.15) is 27.2 Å². The Morgan fingerprint density at radius 3 is 2.47 bits per heavy atom. The highest BCUT2D eigenvalue weighted by atomic mass is 16.2. The average molecular weight is 209 g/mol. The van der Waals surface area contributed by atoms with E-state index < -0.39 is 11.0 Å². The Bertz CT molecular complexity index is 352. The highest BCUT2D eigenvalue weighted by Gasteiger charge is 2.46. The van der Waals surface area contributed by atoms with Crippen LogP contribution in [0.4, 0.5) is 0 Å². The molecule has 0 bridgehead atoms. The van der Waals surface area contributed by atoms with Crippen molar-refractivity contribution in [2.24, 2.45) is 11.1 Å². The van der Waals surface area contributed by atoms with Gasteiger partial charge in [0.15, 0.2) is 0 Å². The van der Waals surface area contributed by atoms with E-state index in [1.807, 2.05) is 6.07 Å². The monoisotopic (exact) mass is 209 g/mol. The van der Waals surface area contributed by atoms with Crippen LogP contribution in [0.2, 0.25) is 0 Å². The lowest BCUT2D eigenvalue weighted by molar-refractivity contribution is -0.141. The Kier molecular flexibility index (Phi) is 2.58. The molecule has 0 radical (unpaired) electrons. The summed E-state index contributed by atoms with van der Waals surface area (Å²) in [6, 6.07) is 1.87. The first-order valence-corrected chi connectivity index (χ1v) is 4.74. The number of likely N-dealkylation sites (tertiary alicyclic amines) is 1. The van der Waals surface area contributed by atoms with Gasteiger partial charge < -0.3 is 5.73 Å². The predicted octanol–water partition coefficient (Wildman–Crippen LogP) is 0.0125. The van der Waals surface area contributed by atoms with E-state index in [1.54, 1.807) is 13.8 Å². The molecule has 2 amide bonds. The smallest absolute Gasteiger partial charge is 0.235 e. The molecule has 5 heteroatoms. The molecule has 5 nitrogen and oxygen atoms in total. The quantitative estimate of drug-likeness (QED) is 0.649. The fourth-order valence-corrected chi connectivity index (χ4v) is 1.55. The minimum absolute atomic E-state index is 0.0371. The van der Waals surface area contributed by atoms with Crippen LogP contribution in [0.3, 0.4) is 0 Å². The molecule has 0 aromatic rings. The van der Waals surface area contributed by atoms with Gasteiger partial charge in [0.25, 0.3) is 0 Å². The molecule has 1 rings (SSSR count). The number of nitrogens with zero attached hydrogens (tertiary/aromatic N) is 2. The van der Waals surface area contributed by atoms with Crippen molar-refractivity contribution in [3.05, 3.63) is 0 Å². The van der Waals surface area contributed by atoms with E-state index in [0.29, 0.717) is 0 Å². The summed E-state index contributed by atoms with van der Waals surface area (Å²) in [5, 5.41) is 8.73. The van der Waals surface area contributed by atoms with E-state index in [0.717, 1.165) is 4.90 Å². The van der Waals surface area contributed by atoms with Crippen molar-refractivity contribution in [2.45, 2.75) is 32.7 Å².